The van der Waals surface area contributed by atoms with Gasteiger partial charge in [-0.1, -0.05) is 12.8 Å². The third-order valence-corrected chi connectivity index (χ3v) is 4.93. The normalized spacial score (nSPS) is 24.8. The fourth-order valence-corrected chi connectivity index (χ4v) is 3.33. The first-order chi connectivity index (χ1) is 10.2. The molecule has 3 rings (SSSR count). The van der Waals surface area contributed by atoms with E-state index in [1.807, 2.05) is 9.80 Å². The molecule has 0 unspecified atom stereocenters. The van der Waals surface area contributed by atoms with Crippen molar-refractivity contribution in [2.45, 2.75) is 38.5 Å². The number of nitrogens with zero attached hydrogens (tertiary/aromatic N) is 3. The predicted molar refractivity (Wildman–Crippen MR) is 80.8 cm³/mol. The topological polar surface area (TPSA) is 43.9 Å². The van der Waals surface area contributed by atoms with Crippen molar-refractivity contribution in [2.24, 2.45) is 5.92 Å². The molecule has 118 valence electrons. The Morgan fingerprint density at radius 3 is 1.95 bits per heavy atom. The van der Waals surface area contributed by atoms with E-state index < -0.39 is 0 Å². The molecule has 0 aromatic carbocycles. The fourth-order valence-electron chi connectivity index (χ4n) is 3.33. The predicted octanol–water partition coefficient (Wildman–Crippen LogP) is 0.943. The summed E-state index contributed by atoms with van der Waals surface area (Å²) in [6.07, 6.45) is 6.96. The Kier molecular flexibility index (Phi) is 4.78. The van der Waals surface area contributed by atoms with E-state index in [1.54, 1.807) is 0 Å². The molecular formula is C16H27N3O2. The van der Waals surface area contributed by atoms with Gasteiger partial charge < -0.3 is 9.80 Å². The lowest BCUT2D eigenvalue weighted by Gasteiger charge is -2.35. The van der Waals surface area contributed by atoms with Crippen LogP contribution in [0.3, 0.4) is 0 Å². The van der Waals surface area contributed by atoms with E-state index in [4.69, 9.17) is 0 Å². The highest BCUT2D eigenvalue weighted by Crippen LogP contribution is 2.31. The Labute approximate surface area is 127 Å². The van der Waals surface area contributed by atoms with Gasteiger partial charge in [0.15, 0.2) is 0 Å². The molecule has 0 aromatic heterocycles. The highest BCUT2D eigenvalue weighted by atomic mass is 16.2. The van der Waals surface area contributed by atoms with Crippen LogP contribution >= 0.6 is 0 Å². The van der Waals surface area contributed by atoms with Gasteiger partial charge in [-0.3, -0.25) is 14.5 Å². The van der Waals surface area contributed by atoms with E-state index in [2.05, 4.69) is 4.90 Å². The smallest absolute Gasteiger partial charge is 0.236 e. The quantitative estimate of drug-likeness (QED) is 0.778. The van der Waals surface area contributed by atoms with E-state index in [0.29, 0.717) is 18.4 Å². The molecule has 3 fully saturated rings. The molecule has 1 saturated carbocycles. The molecule has 2 saturated heterocycles. The lowest BCUT2D eigenvalue weighted by atomic mass is 10.2. The van der Waals surface area contributed by atoms with Crippen LogP contribution in [-0.4, -0.2) is 72.3 Å². The third kappa shape index (κ3) is 3.96. The van der Waals surface area contributed by atoms with Crippen LogP contribution in [0.1, 0.15) is 38.5 Å². The number of hydrogen-bond acceptors (Lipinski definition) is 3. The van der Waals surface area contributed by atoms with Crippen LogP contribution in [0.2, 0.25) is 0 Å². The third-order valence-electron chi connectivity index (χ3n) is 4.93. The minimum Gasteiger partial charge on any atom is -0.342 e. The zero-order chi connectivity index (χ0) is 14.7. The van der Waals surface area contributed by atoms with Crippen LogP contribution in [0.4, 0.5) is 0 Å². The van der Waals surface area contributed by atoms with Crippen LogP contribution in [-0.2, 0) is 9.59 Å². The van der Waals surface area contributed by atoms with Gasteiger partial charge in [-0.25, -0.2) is 0 Å². The monoisotopic (exact) mass is 293 g/mol. The van der Waals surface area contributed by atoms with Crippen molar-refractivity contribution in [3.05, 3.63) is 0 Å². The molecule has 2 aliphatic heterocycles. The van der Waals surface area contributed by atoms with E-state index in [1.165, 1.54) is 12.8 Å². The molecule has 5 heteroatoms. The minimum absolute atomic E-state index is 0.277. The number of carbonyl (C=O) groups excluding carboxylic acids is 2. The number of amides is 2. The van der Waals surface area contributed by atoms with Gasteiger partial charge in [0.25, 0.3) is 0 Å². The lowest BCUT2D eigenvalue weighted by Crippen LogP contribution is -2.52. The van der Waals surface area contributed by atoms with Crippen molar-refractivity contribution in [2.75, 3.05) is 45.8 Å². The SMILES string of the molecule is O=C(CN1CCN(C(=O)C2CC2)CC1)N1CCCCCC1. The molecule has 0 atom stereocenters. The van der Waals surface area contributed by atoms with Crippen molar-refractivity contribution >= 4 is 11.8 Å². The number of rotatable bonds is 3. The number of hydrogen-bond donors (Lipinski definition) is 0. The molecule has 5 nitrogen and oxygen atoms in total. The second-order valence-electron chi connectivity index (χ2n) is 6.67. The maximum atomic E-state index is 12.4. The molecule has 0 spiro atoms. The number of carbonyl (C=O) groups is 2. The highest BCUT2D eigenvalue weighted by Gasteiger charge is 2.34. The van der Waals surface area contributed by atoms with Crippen LogP contribution in [0.25, 0.3) is 0 Å². The maximum Gasteiger partial charge on any atom is 0.236 e. The van der Waals surface area contributed by atoms with Crippen LogP contribution < -0.4 is 0 Å². The summed E-state index contributed by atoms with van der Waals surface area (Å²) in [6.45, 7) is 5.67. The van der Waals surface area contributed by atoms with Gasteiger partial charge >= 0.3 is 0 Å². The molecule has 2 heterocycles. The summed E-state index contributed by atoms with van der Waals surface area (Å²) < 4.78 is 0. The Bertz CT molecular complexity index is 379. The Hall–Kier alpha value is -1.10. The minimum atomic E-state index is 0.277. The summed E-state index contributed by atoms with van der Waals surface area (Å²) >= 11 is 0. The molecule has 2 amide bonds. The summed E-state index contributed by atoms with van der Waals surface area (Å²) in [5.74, 6) is 0.933. The molecule has 3 aliphatic rings. The van der Waals surface area contributed by atoms with Crippen LogP contribution in [0.15, 0.2) is 0 Å². The zero-order valence-corrected chi connectivity index (χ0v) is 12.9. The number of likely N-dealkylation sites (tertiary alicyclic amines) is 1. The van der Waals surface area contributed by atoms with E-state index in [0.717, 1.165) is 65.0 Å². The fraction of sp³-hybridized carbons (Fsp3) is 0.875. The standard InChI is InChI=1S/C16H27N3O2/c20-15(18-7-3-1-2-4-8-18)13-17-9-11-19(12-10-17)16(21)14-5-6-14/h14H,1-13H2. The van der Waals surface area contributed by atoms with E-state index >= 15 is 0 Å². The number of piperazine rings is 1. The molecule has 21 heavy (non-hydrogen) atoms. The summed E-state index contributed by atoms with van der Waals surface area (Å²) in [4.78, 5) is 30.6. The van der Waals surface area contributed by atoms with Crippen molar-refractivity contribution in [1.82, 2.24) is 14.7 Å². The van der Waals surface area contributed by atoms with Gasteiger partial charge in [-0.05, 0) is 25.7 Å². The summed E-state index contributed by atoms with van der Waals surface area (Å²) in [5, 5.41) is 0. The average Bonchev–Trinajstić information content (AvgIpc) is 3.34. The summed E-state index contributed by atoms with van der Waals surface area (Å²) in [7, 11) is 0. The Balaban J connectivity index is 1.41. The molecule has 0 N–H and O–H groups in total. The molecule has 0 radical (unpaired) electrons. The molecule has 0 aromatic rings. The summed E-state index contributed by atoms with van der Waals surface area (Å²) in [5.41, 5.74) is 0. The maximum absolute atomic E-state index is 12.4. The van der Waals surface area contributed by atoms with Gasteiger partial charge in [-0.2, -0.15) is 0 Å². The van der Waals surface area contributed by atoms with E-state index in [-0.39, 0.29) is 5.91 Å². The second kappa shape index (κ2) is 6.77. The van der Waals surface area contributed by atoms with Gasteiger partial charge in [0.2, 0.25) is 11.8 Å². The zero-order valence-electron chi connectivity index (χ0n) is 12.9. The van der Waals surface area contributed by atoms with Gasteiger partial charge in [0.05, 0.1) is 6.54 Å². The van der Waals surface area contributed by atoms with Crippen LogP contribution in [0.5, 0.6) is 0 Å². The molecular weight excluding hydrogens is 266 g/mol. The van der Waals surface area contributed by atoms with Crippen molar-refractivity contribution < 1.29 is 9.59 Å². The molecule has 1 aliphatic carbocycles. The van der Waals surface area contributed by atoms with Gasteiger partial charge in [-0.15, -0.1) is 0 Å². The van der Waals surface area contributed by atoms with Crippen molar-refractivity contribution in [3.63, 3.8) is 0 Å². The lowest BCUT2D eigenvalue weighted by molar-refractivity contribution is -0.136. The first kappa shape index (κ1) is 14.8. The first-order valence-electron chi connectivity index (χ1n) is 8.53. The Morgan fingerprint density at radius 2 is 1.38 bits per heavy atom. The van der Waals surface area contributed by atoms with Crippen molar-refractivity contribution in [3.8, 4) is 0 Å². The van der Waals surface area contributed by atoms with E-state index in [9.17, 15) is 9.59 Å². The second-order valence-corrected chi connectivity index (χ2v) is 6.67. The summed E-state index contributed by atoms with van der Waals surface area (Å²) in [6, 6.07) is 0. The average molecular weight is 293 g/mol. The van der Waals surface area contributed by atoms with Gasteiger partial charge in [0.1, 0.15) is 0 Å². The van der Waals surface area contributed by atoms with Crippen LogP contribution in [0, 0.1) is 5.92 Å². The first-order valence-corrected chi connectivity index (χ1v) is 8.53. The highest BCUT2D eigenvalue weighted by molar-refractivity contribution is 5.81. The Morgan fingerprint density at radius 1 is 0.762 bits per heavy atom. The van der Waals surface area contributed by atoms with Crippen molar-refractivity contribution in [1.29, 1.82) is 0 Å². The molecule has 0 bridgehead atoms. The van der Waals surface area contributed by atoms with Gasteiger partial charge in [0, 0.05) is 45.2 Å². The largest absolute Gasteiger partial charge is 0.342 e.